The molecule has 0 aromatic carbocycles. The molecule has 0 aliphatic heterocycles. The van der Waals surface area contributed by atoms with Crippen LogP contribution in [0.1, 0.15) is 71.6 Å². The van der Waals surface area contributed by atoms with Crippen molar-refractivity contribution in [3.8, 4) is 0 Å². The summed E-state index contributed by atoms with van der Waals surface area (Å²) in [5, 5.41) is 32.8. The average molecular weight is 423 g/mol. The number of Topliss-reactive ketones (excluding diaryl/α,β-unsaturated/α-hetero) is 1. The van der Waals surface area contributed by atoms with Crippen molar-refractivity contribution < 1.29 is 29.6 Å². The second-order valence-electron chi connectivity index (χ2n) is 11.0. The fourth-order valence-electron chi connectivity index (χ4n) is 8.20. The number of ether oxygens (including phenoxy) is 1. The Morgan fingerprint density at radius 3 is 2.40 bits per heavy atom. The lowest BCUT2D eigenvalue weighted by Gasteiger charge is -2.63. The molecule has 0 saturated heterocycles. The molecule has 0 unspecified atom stereocenters. The smallest absolute Gasteiger partial charge is 0.305 e. The molecule has 10 atom stereocenters. The number of esters is 1. The molecule has 4 rings (SSSR count). The molecule has 4 aliphatic carbocycles. The van der Waals surface area contributed by atoms with Crippen LogP contribution < -0.4 is 0 Å². The normalized spacial score (nSPS) is 50.2. The van der Waals surface area contributed by atoms with Crippen molar-refractivity contribution >= 4 is 11.8 Å². The SMILES string of the molecule is COC(=O)CCC(=O)[C@@H]1CC[C@@H]2[C@H]3[C@H](O)C[C@H]4C[C@@H](O)CC[C@]4(C)[C@@H]3C[C@@H](O)[C@@]21C. The van der Waals surface area contributed by atoms with E-state index in [0.29, 0.717) is 19.3 Å². The van der Waals surface area contributed by atoms with Gasteiger partial charge in [0.15, 0.2) is 0 Å². The first-order valence-electron chi connectivity index (χ1n) is 11.8. The van der Waals surface area contributed by atoms with Gasteiger partial charge in [-0.05, 0) is 74.0 Å². The maximum atomic E-state index is 13.0. The number of aliphatic hydroxyl groups excluding tert-OH is 3. The molecule has 0 heterocycles. The van der Waals surface area contributed by atoms with Crippen LogP contribution in [-0.4, -0.2) is 52.5 Å². The Kier molecular flexibility index (Phi) is 5.82. The predicted molar refractivity (Wildman–Crippen MR) is 110 cm³/mol. The third kappa shape index (κ3) is 3.25. The molecule has 6 nitrogen and oxygen atoms in total. The van der Waals surface area contributed by atoms with Crippen LogP contribution in [0.3, 0.4) is 0 Å². The topological polar surface area (TPSA) is 104 Å². The molecule has 170 valence electrons. The second-order valence-corrected chi connectivity index (χ2v) is 11.0. The molecule has 0 bridgehead atoms. The lowest BCUT2D eigenvalue weighted by atomic mass is 9.43. The highest BCUT2D eigenvalue weighted by molar-refractivity contribution is 5.85. The molecule has 0 amide bonds. The van der Waals surface area contributed by atoms with Crippen molar-refractivity contribution in [2.24, 2.45) is 40.4 Å². The number of hydrogen-bond acceptors (Lipinski definition) is 6. The summed E-state index contributed by atoms with van der Waals surface area (Å²) in [6.45, 7) is 4.34. The number of aliphatic hydroxyl groups is 3. The standard InChI is InChI=1S/C24H38O6/c1-23-9-8-14(25)10-13(23)11-19(27)22-16-5-4-15(18(26)6-7-21(29)30-3)24(16,2)20(28)12-17(22)23/h13-17,19-20,22,25,27-28H,4-12H2,1-3H3/t13-,14+,15+,16-,17-,19-,20-,22-,23+,24-/m1/s1. The van der Waals surface area contributed by atoms with Gasteiger partial charge >= 0.3 is 5.97 Å². The summed E-state index contributed by atoms with van der Waals surface area (Å²) in [6.07, 6.45) is 4.25. The molecule has 4 aliphatic rings. The number of hydrogen-bond donors (Lipinski definition) is 3. The zero-order valence-corrected chi connectivity index (χ0v) is 18.5. The van der Waals surface area contributed by atoms with Crippen LogP contribution in [0.5, 0.6) is 0 Å². The van der Waals surface area contributed by atoms with Gasteiger partial charge in [0.1, 0.15) is 5.78 Å². The van der Waals surface area contributed by atoms with Gasteiger partial charge in [-0.2, -0.15) is 0 Å². The summed E-state index contributed by atoms with van der Waals surface area (Å²) in [6, 6.07) is 0. The van der Waals surface area contributed by atoms with Gasteiger partial charge in [0.05, 0.1) is 31.8 Å². The van der Waals surface area contributed by atoms with Crippen molar-refractivity contribution in [3.63, 3.8) is 0 Å². The zero-order valence-electron chi connectivity index (χ0n) is 18.5. The molecule has 0 radical (unpaired) electrons. The van der Waals surface area contributed by atoms with Gasteiger partial charge in [-0.1, -0.05) is 13.8 Å². The van der Waals surface area contributed by atoms with E-state index in [9.17, 15) is 24.9 Å². The van der Waals surface area contributed by atoms with Crippen molar-refractivity contribution in [2.75, 3.05) is 7.11 Å². The highest BCUT2D eigenvalue weighted by Crippen LogP contribution is 2.67. The Balaban J connectivity index is 1.59. The third-order valence-electron chi connectivity index (χ3n) is 9.96. The lowest BCUT2D eigenvalue weighted by molar-refractivity contribution is -0.204. The van der Waals surface area contributed by atoms with E-state index in [0.717, 1.165) is 25.7 Å². The molecule has 4 fully saturated rings. The van der Waals surface area contributed by atoms with Crippen LogP contribution in [0, 0.1) is 40.4 Å². The molecule has 0 aromatic heterocycles. The first-order chi connectivity index (χ1) is 14.1. The minimum Gasteiger partial charge on any atom is -0.469 e. The Morgan fingerprint density at radius 2 is 1.70 bits per heavy atom. The largest absolute Gasteiger partial charge is 0.469 e. The summed E-state index contributed by atoms with van der Waals surface area (Å²) in [5.41, 5.74) is -0.523. The van der Waals surface area contributed by atoms with E-state index < -0.39 is 17.6 Å². The Morgan fingerprint density at radius 1 is 0.967 bits per heavy atom. The van der Waals surface area contributed by atoms with Crippen LogP contribution in [0.4, 0.5) is 0 Å². The highest BCUT2D eigenvalue weighted by atomic mass is 16.5. The summed E-state index contributed by atoms with van der Waals surface area (Å²) in [4.78, 5) is 24.5. The number of ketones is 1. The minimum atomic E-state index is -0.590. The fourth-order valence-corrected chi connectivity index (χ4v) is 8.20. The zero-order chi connectivity index (χ0) is 21.8. The van der Waals surface area contributed by atoms with E-state index in [-0.39, 0.29) is 65.7 Å². The molecule has 4 saturated carbocycles. The average Bonchev–Trinajstić information content (AvgIpc) is 3.06. The van der Waals surface area contributed by atoms with Crippen molar-refractivity contribution in [2.45, 2.75) is 89.9 Å². The number of methoxy groups -OCH3 is 1. The first-order valence-corrected chi connectivity index (χ1v) is 11.8. The van der Waals surface area contributed by atoms with Gasteiger partial charge in [-0.15, -0.1) is 0 Å². The van der Waals surface area contributed by atoms with Crippen LogP contribution in [0.2, 0.25) is 0 Å². The van der Waals surface area contributed by atoms with Crippen LogP contribution in [0.25, 0.3) is 0 Å². The van der Waals surface area contributed by atoms with Gasteiger partial charge in [-0.3, -0.25) is 9.59 Å². The van der Waals surface area contributed by atoms with Gasteiger partial charge in [0, 0.05) is 17.8 Å². The van der Waals surface area contributed by atoms with Crippen molar-refractivity contribution in [1.29, 1.82) is 0 Å². The monoisotopic (exact) mass is 422 g/mol. The number of carbonyl (C=O) groups is 2. The van der Waals surface area contributed by atoms with Crippen LogP contribution >= 0.6 is 0 Å². The number of carbonyl (C=O) groups excluding carboxylic acids is 2. The van der Waals surface area contributed by atoms with Crippen molar-refractivity contribution in [3.05, 3.63) is 0 Å². The van der Waals surface area contributed by atoms with E-state index >= 15 is 0 Å². The molecule has 3 N–H and O–H groups in total. The summed E-state index contributed by atoms with van der Waals surface area (Å²) >= 11 is 0. The van der Waals surface area contributed by atoms with Crippen LogP contribution in [0.15, 0.2) is 0 Å². The summed E-state index contributed by atoms with van der Waals surface area (Å²) < 4.78 is 4.68. The van der Waals surface area contributed by atoms with E-state index in [1.165, 1.54) is 7.11 Å². The van der Waals surface area contributed by atoms with Crippen molar-refractivity contribution in [1.82, 2.24) is 0 Å². The lowest BCUT2D eigenvalue weighted by Crippen LogP contribution is -2.62. The molecular formula is C24H38O6. The molecule has 0 aromatic rings. The maximum Gasteiger partial charge on any atom is 0.305 e. The molecule has 30 heavy (non-hydrogen) atoms. The van der Waals surface area contributed by atoms with Gasteiger partial charge in [0.25, 0.3) is 0 Å². The maximum absolute atomic E-state index is 13.0. The minimum absolute atomic E-state index is 0.0262. The molecule has 6 heteroatoms. The van der Waals surface area contributed by atoms with E-state index in [4.69, 9.17) is 0 Å². The Hall–Kier alpha value is -0.980. The van der Waals surface area contributed by atoms with E-state index in [2.05, 4.69) is 11.7 Å². The molecular weight excluding hydrogens is 384 g/mol. The second kappa shape index (κ2) is 7.86. The van der Waals surface area contributed by atoms with Crippen LogP contribution in [-0.2, 0) is 14.3 Å². The highest BCUT2D eigenvalue weighted by Gasteiger charge is 2.66. The number of rotatable bonds is 4. The summed E-state index contributed by atoms with van der Waals surface area (Å²) in [5.74, 6) is 0.0931. The molecule has 0 spiro atoms. The fraction of sp³-hybridized carbons (Fsp3) is 0.917. The first kappa shape index (κ1) is 22.2. The van der Waals surface area contributed by atoms with Gasteiger partial charge < -0.3 is 20.1 Å². The summed E-state index contributed by atoms with van der Waals surface area (Å²) in [7, 11) is 1.33. The number of fused-ring (bicyclic) bond motifs is 5. The Bertz CT molecular complexity index is 693. The van der Waals surface area contributed by atoms with Gasteiger partial charge in [0.2, 0.25) is 0 Å². The van der Waals surface area contributed by atoms with E-state index in [1.807, 2.05) is 6.92 Å². The quantitative estimate of drug-likeness (QED) is 0.601. The van der Waals surface area contributed by atoms with Gasteiger partial charge in [-0.25, -0.2) is 0 Å². The Labute approximate surface area is 179 Å². The third-order valence-corrected chi connectivity index (χ3v) is 9.96. The van der Waals surface area contributed by atoms with E-state index in [1.54, 1.807) is 0 Å². The predicted octanol–water partition coefficient (Wildman–Crippen LogP) is 2.47.